The normalized spacial score (nSPS) is 13.8. The molecule has 0 spiro atoms. The molecular formula is C26H30N4O3. The maximum Gasteiger partial charge on any atom is 0.305 e. The Balaban J connectivity index is 1.41. The van der Waals surface area contributed by atoms with Crippen LogP contribution in [0.25, 0.3) is 5.69 Å². The first-order valence-corrected chi connectivity index (χ1v) is 11.3. The van der Waals surface area contributed by atoms with Crippen molar-refractivity contribution in [1.29, 1.82) is 0 Å². The summed E-state index contributed by atoms with van der Waals surface area (Å²) in [5.41, 5.74) is 5.71. The van der Waals surface area contributed by atoms with Gasteiger partial charge in [-0.1, -0.05) is 18.2 Å². The summed E-state index contributed by atoms with van der Waals surface area (Å²) in [6.07, 6.45) is 0.921. The van der Waals surface area contributed by atoms with E-state index in [0.29, 0.717) is 31.5 Å². The van der Waals surface area contributed by atoms with E-state index >= 15 is 0 Å². The Morgan fingerprint density at radius 2 is 1.58 bits per heavy atom. The molecule has 0 radical (unpaired) electrons. The van der Waals surface area contributed by atoms with Gasteiger partial charge in [0.2, 0.25) is 0 Å². The minimum Gasteiger partial charge on any atom is -0.469 e. The Hall–Kier alpha value is -3.61. The molecule has 2 aromatic carbocycles. The summed E-state index contributed by atoms with van der Waals surface area (Å²) < 4.78 is 6.62. The number of para-hydroxylation sites is 1. The van der Waals surface area contributed by atoms with Crippen molar-refractivity contribution in [1.82, 2.24) is 14.7 Å². The molecule has 3 aromatic rings. The first-order chi connectivity index (χ1) is 16.0. The molecule has 1 aliphatic heterocycles. The molecule has 0 atom stereocenters. The third-order valence-electron chi connectivity index (χ3n) is 6.30. The number of hydrogen-bond donors (Lipinski definition) is 0. The fourth-order valence-corrected chi connectivity index (χ4v) is 4.35. The van der Waals surface area contributed by atoms with Crippen molar-refractivity contribution in [3.63, 3.8) is 0 Å². The summed E-state index contributed by atoms with van der Waals surface area (Å²) in [5.74, 6) is -0.171. The van der Waals surface area contributed by atoms with Crippen LogP contribution in [0.3, 0.4) is 0 Å². The number of carbonyl (C=O) groups excluding carboxylic acids is 2. The molecule has 0 unspecified atom stereocenters. The van der Waals surface area contributed by atoms with Crippen LogP contribution in [0, 0.1) is 13.8 Å². The first kappa shape index (κ1) is 22.6. The number of rotatable bonds is 6. The standard InChI is InChI=1S/C26H30N4O3/c1-19-24(13-14-25(31)33-3)20(2)30(27-19)23-11-9-21(10-12-23)26(32)29-17-15-28(16-18-29)22-7-5-4-6-8-22/h4-12H,13-18H2,1-3H3. The molecule has 2 heterocycles. The minimum absolute atomic E-state index is 0.0568. The maximum atomic E-state index is 13.0. The number of hydrogen-bond acceptors (Lipinski definition) is 5. The lowest BCUT2D eigenvalue weighted by molar-refractivity contribution is -0.140. The number of esters is 1. The lowest BCUT2D eigenvalue weighted by Gasteiger charge is -2.36. The van der Waals surface area contributed by atoms with Gasteiger partial charge < -0.3 is 14.5 Å². The predicted molar refractivity (Wildman–Crippen MR) is 128 cm³/mol. The van der Waals surface area contributed by atoms with Gasteiger partial charge in [-0.3, -0.25) is 9.59 Å². The SMILES string of the molecule is COC(=O)CCc1c(C)nn(-c2ccc(C(=O)N3CCN(c4ccccc4)CC3)cc2)c1C. The molecule has 172 valence electrons. The molecule has 1 fully saturated rings. The van der Waals surface area contributed by atoms with Crippen LogP contribution in [-0.2, 0) is 16.0 Å². The van der Waals surface area contributed by atoms with E-state index in [4.69, 9.17) is 4.74 Å². The predicted octanol–water partition coefficient (Wildman–Crippen LogP) is 3.56. The van der Waals surface area contributed by atoms with Crippen LogP contribution in [0.5, 0.6) is 0 Å². The molecule has 0 aliphatic carbocycles. The molecule has 1 amide bonds. The van der Waals surface area contributed by atoms with E-state index in [2.05, 4.69) is 22.1 Å². The second-order valence-corrected chi connectivity index (χ2v) is 8.30. The molecule has 7 heteroatoms. The van der Waals surface area contributed by atoms with Gasteiger partial charge in [0.15, 0.2) is 0 Å². The zero-order valence-corrected chi connectivity index (χ0v) is 19.5. The van der Waals surface area contributed by atoms with Crippen molar-refractivity contribution in [2.75, 3.05) is 38.2 Å². The fraction of sp³-hybridized carbons (Fsp3) is 0.346. The number of aromatic nitrogens is 2. The van der Waals surface area contributed by atoms with Gasteiger partial charge in [-0.2, -0.15) is 5.10 Å². The van der Waals surface area contributed by atoms with E-state index in [0.717, 1.165) is 35.7 Å². The number of ether oxygens (including phenoxy) is 1. The zero-order chi connectivity index (χ0) is 23.4. The van der Waals surface area contributed by atoms with Gasteiger partial charge in [-0.15, -0.1) is 0 Å². The van der Waals surface area contributed by atoms with E-state index in [1.807, 2.05) is 65.9 Å². The van der Waals surface area contributed by atoms with Crippen LogP contribution < -0.4 is 4.90 Å². The smallest absolute Gasteiger partial charge is 0.305 e. The molecule has 1 saturated heterocycles. The molecule has 7 nitrogen and oxygen atoms in total. The molecule has 1 aromatic heterocycles. The zero-order valence-electron chi connectivity index (χ0n) is 19.5. The third kappa shape index (κ3) is 4.92. The number of aryl methyl sites for hydroxylation is 1. The van der Waals surface area contributed by atoms with E-state index in [1.54, 1.807) is 0 Å². The van der Waals surface area contributed by atoms with Crippen molar-refractivity contribution >= 4 is 17.6 Å². The van der Waals surface area contributed by atoms with Crippen molar-refractivity contribution in [2.45, 2.75) is 26.7 Å². The highest BCUT2D eigenvalue weighted by Gasteiger charge is 2.22. The van der Waals surface area contributed by atoms with Gasteiger partial charge in [0, 0.05) is 49.5 Å². The quantitative estimate of drug-likeness (QED) is 0.542. The van der Waals surface area contributed by atoms with Gasteiger partial charge >= 0.3 is 5.97 Å². The number of nitrogens with zero attached hydrogens (tertiary/aromatic N) is 4. The van der Waals surface area contributed by atoms with Gasteiger partial charge in [-0.25, -0.2) is 4.68 Å². The van der Waals surface area contributed by atoms with Crippen LogP contribution >= 0.6 is 0 Å². The Bertz CT molecular complexity index is 1110. The van der Waals surface area contributed by atoms with Gasteiger partial charge in [-0.05, 0) is 62.2 Å². The summed E-state index contributed by atoms with van der Waals surface area (Å²) in [4.78, 5) is 28.8. The lowest BCUT2D eigenvalue weighted by atomic mass is 10.1. The Labute approximate surface area is 194 Å². The largest absolute Gasteiger partial charge is 0.469 e. The number of benzene rings is 2. The Morgan fingerprint density at radius 1 is 0.909 bits per heavy atom. The van der Waals surface area contributed by atoms with Crippen molar-refractivity contribution < 1.29 is 14.3 Å². The number of anilines is 1. The topological polar surface area (TPSA) is 67.7 Å². The lowest BCUT2D eigenvalue weighted by Crippen LogP contribution is -2.48. The highest BCUT2D eigenvalue weighted by Crippen LogP contribution is 2.21. The van der Waals surface area contributed by atoms with Crippen molar-refractivity contribution in [3.05, 3.63) is 77.1 Å². The molecule has 33 heavy (non-hydrogen) atoms. The Kier molecular flexibility index (Phi) is 6.77. The van der Waals surface area contributed by atoms with Crippen molar-refractivity contribution in [3.8, 4) is 5.69 Å². The Morgan fingerprint density at radius 3 is 2.21 bits per heavy atom. The number of piperazine rings is 1. The molecule has 1 aliphatic rings. The molecular weight excluding hydrogens is 416 g/mol. The van der Waals surface area contributed by atoms with Crippen LogP contribution in [0.15, 0.2) is 54.6 Å². The van der Waals surface area contributed by atoms with Crippen LogP contribution in [0.1, 0.15) is 33.7 Å². The number of amides is 1. The highest BCUT2D eigenvalue weighted by atomic mass is 16.5. The third-order valence-corrected chi connectivity index (χ3v) is 6.30. The average molecular weight is 447 g/mol. The average Bonchev–Trinajstić information content (AvgIpc) is 3.15. The van der Waals surface area contributed by atoms with Crippen LogP contribution in [0.2, 0.25) is 0 Å². The van der Waals surface area contributed by atoms with E-state index in [1.165, 1.54) is 12.8 Å². The summed E-state index contributed by atoms with van der Waals surface area (Å²) in [5, 5.41) is 4.65. The molecule has 4 rings (SSSR count). The summed E-state index contributed by atoms with van der Waals surface area (Å²) >= 11 is 0. The molecule has 0 bridgehead atoms. The van der Waals surface area contributed by atoms with Crippen molar-refractivity contribution in [2.24, 2.45) is 0 Å². The summed E-state index contributed by atoms with van der Waals surface area (Å²) in [6.45, 7) is 7.01. The van der Waals surface area contributed by atoms with Crippen LogP contribution in [-0.4, -0.2) is 59.8 Å². The summed E-state index contributed by atoms with van der Waals surface area (Å²) in [7, 11) is 1.40. The second kappa shape index (κ2) is 9.90. The summed E-state index contributed by atoms with van der Waals surface area (Å²) in [6, 6.07) is 17.9. The number of carbonyl (C=O) groups is 2. The molecule has 0 saturated carbocycles. The first-order valence-electron chi connectivity index (χ1n) is 11.3. The number of methoxy groups -OCH3 is 1. The van der Waals surface area contributed by atoms with E-state index in [9.17, 15) is 9.59 Å². The van der Waals surface area contributed by atoms with Gasteiger partial charge in [0.1, 0.15) is 0 Å². The van der Waals surface area contributed by atoms with Gasteiger partial charge in [0.05, 0.1) is 18.5 Å². The monoisotopic (exact) mass is 446 g/mol. The van der Waals surface area contributed by atoms with Gasteiger partial charge in [0.25, 0.3) is 5.91 Å². The molecule has 0 N–H and O–H groups in total. The maximum absolute atomic E-state index is 13.0. The van der Waals surface area contributed by atoms with E-state index < -0.39 is 0 Å². The second-order valence-electron chi connectivity index (χ2n) is 8.30. The minimum atomic E-state index is -0.228. The fourth-order valence-electron chi connectivity index (χ4n) is 4.35. The highest BCUT2D eigenvalue weighted by molar-refractivity contribution is 5.94. The van der Waals surface area contributed by atoms with Crippen LogP contribution in [0.4, 0.5) is 5.69 Å². The van der Waals surface area contributed by atoms with E-state index in [-0.39, 0.29) is 11.9 Å².